The molecule has 15 heavy (non-hydrogen) atoms. The van der Waals surface area contributed by atoms with Crippen LogP contribution in [-0.2, 0) is 4.79 Å². The van der Waals surface area contributed by atoms with Gasteiger partial charge in [0.25, 0.3) is 0 Å². The van der Waals surface area contributed by atoms with Crippen molar-refractivity contribution in [2.24, 2.45) is 0 Å². The quantitative estimate of drug-likeness (QED) is 0.416. The van der Waals surface area contributed by atoms with Crippen LogP contribution in [0.3, 0.4) is 0 Å². The summed E-state index contributed by atoms with van der Waals surface area (Å²) in [4.78, 5) is 9.83. The number of hydrogen-bond donors (Lipinski definition) is 0. The number of rotatable bonds is 2. The molecule has 1 aliphatic rings. The molecule has 2 rings (SSSR count). The molecule has 0 unspecified atom stereocenters. The lowest BCUT2D eigenvalue weighted by atomic mass is 10.2. The second-order valence-corrected chi connectivity index (χ2v) is 2.88. The highest BCUT2D eigenvalue weighted by Gasteiger charge is 2.11. The molecule has 0 aliphatic carbocycles. The lowest BCUT2D eigenvalue weighted by molar-refractivity contribution is 0.174. The van der Waals surface area contributed by atoms with Crippen LogP contribution in [0.2, 0.25) is 0 Å². The van der Waals surface area contributed by atoms with Crippen molar-refractivity contribution >= 4 is 12.0 Å². The minimum absolute atomic E-state index is 0.274. The van der Waals surface area contributed by atoms with Crippen molar-refractivity contribution in [1.82, 2.24) is 0 Å². The maximum atomic E-state index is 9.83. The van der Waals surface area contributed by atoms with Crippen molar-refractivity contribution in [3.8, 4) is 11.5 Å². The molecule has 0 N–H and O–H groups in total. The summed E-state index contributed by atoms with van der Waals surface area (Å²) in [5.41, 5.74) is 3.27. The third-order valence-electron chi connectivity index (χ3n) is 1.92. The van der Waals surface area contributed by atoms with Crippen LogP contribution < -0.4 is 9.47 Å². The third-order valence-corrected chi connectivity index (χ3v) is 1.92. The Morgan fingerprint density at radius 2 is 2.13 bits per heavy atom. The fourth-order valence-corrected chi connectivity index (χ4v) is 1.26. The van der Waals surface area contributed by atoms with Crippen molar-refractivity contribution in [1.29, 1.82) is 0 Å². The SMILES string of the molecule is O=C=C=C/C=C/c1ccc2c(c1)OCO2. The number of carbonyl (C=O) groups excluding carboxylic acids is 1. The lowest BCUT2D eigenvalue weighted by Crippen LogP contribution is -1.92. The zero-order chi connectivity index (χ0) is 10.5. The van der Waals surface area contributed by atoms with Crippen LogP contribution in [0.25, 0.3) is 6.08 Å². The van der Waals surface area contributed by atoms with Crippen LogP contribution in [0.4, 0.5) is 0 Å². The first kappa shape index (κ1) is 9.35. The van der Waals surface area contributed by atoms with Gasteiger partial charge < -0.3 is 9.47 Å². The molecular weight excluding hydrogens is 192 g/mol. The van der Waals surface area contributed by atoms with E-state index in [0.717, 1.165) is 17.1 Å². The Morgan fingerprint density at radius 3 is 3.00 bits per heavy atom. The van der Waals surface area contributed by atoms with Crippen LogP contribution in [-0.4, -0.2) is 12.7 Å². The molecule has 1 aliphatic heterocycles. The van der Waals surface area contributed by atoms with E-state index in [-0.39, 0.29) is 6.79 Å². The molecule has 1 aromatic rings. The second-order valence-electron chi connectivity index (χ2n) is 2.88. The van der Waals surface area contributed by atoms with E-state index in [4.69, 9.17) is 9.47 Å². The summed E-state index contributed by atoms with van der Waals surface area (Å²) in [7, 11) is 0. The Balaban J connectivity index is 2.20. The number of hydrogen-bond acceptors (Lipinski definition) is 3. The van der Waals surface area contributed by atoms with Gasteiger partial charge in [0.05, 0.1) is 0 Å². The van der Waals surface area contributed by atoms with E-state index in [2.05, 4.69) is 5.73 Å². The van der Waals surface area contributed by atoms with Crippen molar-refractivity contribution in [3.05, 3.63) is 41.6 Å². The first-order valence-electron chi connectivity index (χ1n) is 4.42. The van der Waals surface area contributed by atoms with Gasteiger partial charge in [-0.1, -0.05) is 18.2 Å². The van der Waals surface area contributed by atoms with E-state index in [0.29, 0.717) is 0 Å². The first-order valence-corrected chi connectivity index (χ1v) is 4.42. The highest BCUT2D eigenvalue weighted by atomic mass is 16.7. The molecular formula is C12H8O3. The number of allylic oxidation sites excluding steroid dienone is 2. The molecule has 0 amide bonds. The van der Waals surface area contributed by atoms with Crippen molar-refractivity contribution in [2.45, 2.75) is 0 Å². The van der Waals surface area contributed by atoms with Gasteiger partial charge in [-0.2, -0.15) is 0 Å². The fourth-order valence-electron chi connectivity index (χ4n) is 1.26. The highest BCUT2D eigenvalue weighted by Crippen LogP contribution is 2.32. The van der Waals surface area contributed by atoms with Gasteiger partial charge in [0.15, 0.2) is 17.4 Å². The van der Waals surface area contributed by atoms with Gasteiger partial charge in [-0.3, -0.25) is 0 Å². The summed E-state index contributed by atoms with van der Waals surface area (Å²) >= 11 is 0. The van der Waals surface area contributed by atoms with Crippen LogP contribution >= 0.6 is 0 Å². The minimum Gasteiger partial charge on any atom is -0.454 e. The molecule has 0 atom stereocenters. The van der Waals surface area contributed by atoms with E-state index < -0.39 is 0 Å². The molecule has 3 heteroatoms. The molecule has 0 aromatic heterocycles. The average molecular weight is 200 g/mol. The Morgan fingerprint density at radius 1 is 1.27 bits per heavy atom. The second kappa shape index (κ2) is 4.34. The maximum absolute atomic E-state index is 9.83. The van der Waals surface area contributed by atoms with Gasteiger partial charge in [-0.25, -0.2) is 4.79 Å². The molecule has 0 bridgehead atoms. The van der Waals surface area contributed by atoms with E-state index in [1.54, 1.807) is 12.0 Å². The van der Waals surface area contributed by atoms with Gasteiger partial charge in [-0.05, 0) is 29.5 Å². The maximum Gasteiger partial charge on any atom is 0.231 e. The van der Waals surface area contributed by atoms with Crippen LogP contribution in [0, 0.1) is 0 Å². The third kappa shape index (κ3) is 2.18. The number of fused-ring (bicyclic) bond motifs is 1. The first-order chi connectivity index (χ1) is 7.40. The van der Waals surface area contributed by atoms with Crippen molar-refractivity contribution in [3.63, 3.8) is 0 Å². The largest absolute Gasteiger partial charge is 0.454 e. The smallest absolute Gasteiger partial charge is 0.231 e. The zero-order valence-electron chi connectivity index (χ0n) is 7.90. The molecule has 1 aromatic carbocycles. The van der Waals surface area contributed by atoms with Crippen molar-refractivity contribution < 1.29 is 14.3 Å². The normalized spacial score (nSPS) is 12.3. The summed E-state index contributed by atoms with van der Waals surface area (Å²) in [5.74, 6) is 3.05. The summed E-state index contributed by atoms with van der Waals surface area (Å²) in [6, 6.07) is 5.63. The van der Waals surface area contributed by atoms with Crippen LogP contribution in [0.1, 0.15) is 5.56 Å². The van der Waals surface area contributed by atoms with E-state index >= 15 is 0 Å². The molecule has 0 saturated heterocycles. The molecule has 0 spiro atoms. The Kier molecular flexibility index (Phi) is 2.70. The Hall–Kier alpha value is -2.21. The van der Waals surface area contributed by atoms with E-state index in [1.165, 1.54) is 6.08 Å². The van der Waals surface area contributed by atoms with E-state index in [1.807, 2.05) is 24.3 Å². The Bertz CT molecular complexity index is 476. The predicted molar refractivity (Wildman–Crippen MR) is 55.4 cm³/mol. The Labute approximate surface area is 86.9 Å². The number of ether oxygens (including phenoxy) is 2. The van der Waals surface area contributed by atoms with Crippen LogP contribution in [0.5, 0.6) is 11.5 Å². The highest BCUT2D eigenvalue weighted by molar-refractivity contribution is 5.58. The molecule has 0 fully saturated rings. The summed E-state index contributed by atoms with van der Waals surface area (Å²) in [6.07, 6.45) is 5.05. The lowest BCUT2D eigenvalue weighted by Gasteiger charge is -1.96. The monoisotopic (exact) mass is 200 g/mol. The van der Waals surface area contributed by atoms with Gasteiger partial charge in [0.1, 0.15) is 0 Å². The van der Waals surface area contributed by atoms with Gasteiger partial charge in [-0.15, -0.1) is 0 Å². The zero-order valence-corrected chi connectivity index (χ0v) is 7.90. The molecule has 0 radical (unpaired) electrons. The van der Waals surface area contributed by atoms with E-state index in [9.17, 15) is 4.79 Å². The van der Waals surface area contributed by atoms with Gasteiger partial charge in [0, 0.05) is 0 Å². The molecule has 74 valence electrons. The van der Waals surface area contributed by atoms with Gasteiger partial charge in [0.2, 0.25) is 6.79 Å². The summed E-state index contributed by atoms with van der Waals surface area (Å²) < 4.78 is 10.4. The summed E-state index contributed by atoms with van der Waals surface area (Å²) in [5, 5.41) is 0. The summed E-state index contributed by atoms with van der Waals surface area (Å²) in [6.45, 7) is 0.274. The standard InChI is InChI=1S/C12H8O3/c13-7-3-1-2-4-10-5-6-11-12(8-10)15-9-14-11/h1-2,4-6,8H,9H2/b4-2+. The molecule has 1 heterocycles. The topological polar surface area (TPSA) is 35.5 Å². The fraction of sp³-hybridized carbons (Fsp3) is 0.0833. The average Bonchev–Trinajstić information content (AvgIpc) is 2.71. The number of benzene rings is 1. The van der Waals surface area contributed by atoms with Gasteiger partial charge >= 0.3 is 0 Å². The van der Waals surface area contributed by atoms with Crippen LogP contribution in [0.15, 0.2) is 36.1 Å². The molecule has 0 saturated carbocycles. The van der Waals surface area contributed by atoms with Crippen molar-refractivity contribution in [2.75, 3.05) is 6.79 Å². The predicted octanol–water partition coefficient (Wildman–Crippen LogP) is 1.97. The minimum atomic E-state index is 0.274. The molecule has 3 nitrogen and oxygen atoms in total.